The number of rotatable bonds is 4. The average Bonchev–Trinajstić information content (AvgIpc) is 2.77. The van der Waals surface area contributed by atoms with Crippen molar-refractivity contribution in [3.05, 3.63) is 71.2 Å². The first-order chi connectivity index (χ1) is 15.7. The Labute approximate surface area is 187 Å². The van der Waals surface area contributed by atoms with Gasteiger partial charge in [0.25, 0.3) is 5.91 Å². The number of nitrogens with one attached hydrogen (secondary N) is 1. The van der Waals surface area contributed by atoms with Crippen LogP contribution in [0, 0.1) is 18.3 Å². The van der Waals surface area contributed by atoms with E-state index in [0.717, 1.165) is 11.8 Å². The van der Waals surface area contributed by atoms with E-state index in [1.54, 1.807) is 35.4 Å². The molecular weight excluding hydrogens is 435 g/mol. The van der Waals surface area contributed by atoms with Crippen molar-refractivity contribution >= 4 is 17.4 Å². The van der Waals surface area contributed by atoms with E-state index in [2.05, 4.69) is 21.4 Å². The Bertz CT molecular complexity index is 1260. The molecule has 2 aromatic heterocycles. The van der Waals surface area contributed by atoms with E-state index < -0.39 is 23.9 Å². The molecule has 4 rings (SSSR count). The monoisotopic (exact) mass is 453 g/mol. The van der Waals surface area contributed by atoms with Crippen LogP contribution in [0.25, 0.3) is 11.1 Å². The van der Waals surface area contributed by atoms with Crippen molar-refractivity contribution in [3.8, 4) is 17.2 Å². The van der Waals surface area contributed by atoms with Gasteiger partial charge in [0, 0.05) is 42.3 Å². The summed E-state index contributed by atoms with van der Waals surface area (Å²) in [5, 5.41) is 21.7. The standard InChI is InChI=1S/C23H18F3N5O2/c1-13-2-3-17(30-22(33)14-4-5-28-20(7-14)23(24,25)26)8-19(13)16-6-15(9-27)21(29-10-16)31-11-18(32)12-31/h2-8,10,18,32H,11-12H2,1H3,(H,30,33). The molecule has 0 bridgehead atoms. The number of aromatic nitrogens is 2. The lowest BCUT2D eigenvalue weighted by molar-refractivity contribution is -0.141. The fourth-order valence-corrected chi connectivity index (χ4v) is 3.51. The number of anilines is 2. The number of β-amino-alcohol motifs (C(OH)–C–C–N with tert-alkyl or cyclic N) is 1. The van der Waals surface area contributed by atoms with E-state index in [0.29, 0.717) is 47.4 Å². The summed E-state index contributed by atoms with van der Waals surface area (Å²) in [5.74, 6) is -0.216. The minimum absolute atomic E-state index is 0.172. The van der Waals surface area contributed by atoms with Gasteiger partial charge in [-0.05, 0) is 48.4 Å². The average molecular weight is 453 g/mol. The molecule has 7 nitrogen and oxygen atoms in total. The molecule has 33 heavy (non-hydrogen) atoms. The topological polar surface area (TPSA) is 102 Å². The molecule has 1 fully saturated rings. The fourth-order valence-electron chi connectivity index (χ4n) is 3.51. The lowest BCUT2D eigenvalue weighted by Gasteiger charge is -2.37. The summed E-state index contributed by atoms with van der Waals surface area (Å²) in [6.45, 7) is 2.67. The van der Waals surface area contributed by atoms with Crippen LogP contribution in [0.3, 0.4) is 0 Å². The highest BCUT2D eigenvalue weighted by Gasteiger charge is 2.33. The van der Waals surface area contributed by atoms with Gasteiger partial charge >= 0.3 is 6.18 Å². The van der Waals surface area contributed by atoms with Crippen LogP contribution in [0.4, 0.5) is 24.7 Å². The molecule has 0 atom stereocenters. The second kappa shape index (κ2) is 8.52. The molecule has 10 heteroatoms. The van der Waals surface area contributed by atoms with Gasteiger partial charge in [-0.2, -0.15) is 18.4 Å². The Morgan fingerprint density at radius 1 is 1.21 bits per heavy atom. The van der Waals surface area contributed by atoms with Crippen LogP contribution in [0.5, 0.6) is 0 Å². The number of aryl methyl sites for hydroxylation is 1. The maximum Gasteiger partial charge on any atom is 0.433 e. The number of aliphatic hydroxyl groups is 1. The van der Waals surface area contributed by atoms with Gasteiger partial charge in [-0.15, -0.1) is 0 Å². The molecule has 0 unspecified atom stereocenters. The Balaban J connectivity index is 1.60. The van der Waals surface area contributed by atoms with Crippen LogP contribution in [-0.2, 0) is 6.18 Å². The summed E-state index contributed by atoms with van der Waals surface area (Å²) < 4.78 is 38.7. The number of benzene rings is 1. The quantitative estimate of drug-likeness (QED) is 0.624. The lowest BCUT2D eigenvalue weighted by Crippen LogP contribution is -2.51. The number of carbonyl (C=O) groups excluding carboxylic acids is 1. The van der Waals surface area contributed by atoms with Crippen molar-refractivity contribution in [3.63, 3.8) is 0 Å². The molecule has 1 aliphatic rings. The number of hydrogen-bond acceptors (Lipinski definition) is 6. The van der Waals surface area contributed by atoms with E-state index in [4.69, 9.17) is 0 Å². The number of carbonyl (C=O) groups is 1. The van der Waals surface area contributed by atoms with Crippen LogP contribution in [0.15, 0.2) is 48.8 Å². The molecule has 2 N–H and O–H groups in total. The summed E-state index contributed by atoms with van der Waals surface area (Å²) in [6.07, 6.45) is -2.55. The molecular formula is C23H18F3N5O2. The van der Waals surface area contributed by atoms with Gasteiger partial charge in [-0.3, -0.25) is 9.78 Å². The Morgan fingerprint density at radius 3 is 2.64 bits per heavy atom. The van der Waals surface area contributed by atoms with Crippen molar-refractivity contribution in [2.24, 2.45) is 0 Å². The van der Waals surface area contributed by atoms with E-state index in [1.807, 2.05) is 6.92 Å². The summed E-state index contributed by atoms with van der Waals surface area (Å²) in [7, 11) is 0. The highest BCUT2D eigenvalue weighted by molar-refractivity contribution is 6.04. The predicted octanol–water partition coefficient (Wildman–Crippen LogP) is 3.78. The number of alkyl halides is 3. The molecule has 0 aliphatic carbocycles. The highest BCUT2D eigenvalue weighted by atomic mass is 19.4. The predicted molar refractivity (Wildman–Crippen MR) is 115 cm³/mol. The van der Waals surface area contributed by atoms with E-state index in [-0.39, 0.29) is 5.56 Å². The first kappa shape index (κ1) is 22.2. The molecule has 1 saturated heterocycles. The number of nitrogens with zero attached hydrogens (tertiary/aromatic N) is 4. The largest absolute Gasteiger partial charge is 0.433 e. The van der Waals surface area contributed by atoms with Crippen LogP contribution in [0.1, 0.15) is 27.2 Å². The Hall–Kier alpha value is -3.97. The number of nitriles is 1. The lowest BCUT2D eigenvalue weighted by atomic mass is 9.99. The third kappa shape index (κ3) is 4.63. The molecule has 0 saturated carbocycles. The third-order valence-corrected chi connectivity index (χ3v) is 5.27. The van der Waals surface area contributed by atoms with Gasteiger partial charge in [-0.25, -0.2) is 4.98 Å². The van der Waals surface area contributed by atoms with E-state index >= 15 is 0 Å². The van der Waals surface area contributed by atoms with Gasteiger partial charge in [0.2, 0.25) is 0 Å². The van der Waals surface area contributed by atoms with Crippen molar-refractivity contribution in [1.82, 2.24) is 9.97 Å². The van der Waals surface area contributed by atoms with Gasteiger partial charge in [0.15, 0.2) is 0 Å². The van der Waals surface area contributed by atoms with Gasteiger partial charge < -0.3 is 15.3 Å². The van der Waals surface area contributed by atoms with E-state index in [9.17, 15) is 28.3 Å². The van der Waals surface area contributed by atoms with Crippen LogP contribution in [-0.4, -0.2) is 40.2 Å². The molecule has 0 spiro atoms. The van der Waals surface area contributed by atoms with Crippen molar-refractivity contribution in [2.75, 3.05) is 23.3 Å². The number of hydrogen-bond donors (Lipinski definition) is 2. The number of amides is 1. The van der Waals surface area contributed by atoms with Crippen molar-refractivity contribution < 1.29 is 23.1 Å². The summed E-state index contributed by atoms with van der Waals surface area (Å²) >= 11 is 0. The highest BCUT2D eigenvalue weighted by Crippen LogP contribution is 2.31. The zero-order chi connectivity index (χ0) is 23.8. The van der Waals surface area contributed by atoms with Crippen LogP contribution in [0.2, 0.25) is 0 Å². The van der Waals surface area contributed by atoms with Crippen molar-refractivity contribution in [1.29, 1.82) is 5.26 Å². The minimum atomic E-state index is -4.65. The summed E-state index contributed by atoms with van der Waals surface area (Å²) in [5.41, 5.74) is 1.61. The zero-order valence-corrected chi connectivity index (χ0v) is 17.4. The maximum absolute atomic E-state index is 12.9. The smallest absolute Gasteiger partial charge is 0.389 e. The molecule has 1 amide bonds. The molecule has 0 radical (unpaired) electrons. The first-order valence-corrected chi connectivity index (χ1v) is 9.94. The maximum atomic E-state index is 12.9. The van der Waals surface area contributed by atoms with Crippen molar-refractivity contribution in [2.45, 2.75) is 19.2 Å². The first-order valence-electron chi connectivity index (χ1n) is 9.94. The molecule has 168 valence electrons. The third-order valence-electron chi connectivity index (χ3n) is 5.27. The summed E-state index contributed by atoms with van der Waals surface area (Å²) in [4.78, 5) is 22.0. The number of pyridine rings is 2. The SMILES string of the molecule is Cc1ccc(NC(=O)c2ccnc(C(F)(F)F)c2)cc1-c1cnc(N2CC(O)C2)c(C#N)c1. The molecule has 3 aromatic rings. The number of halogens is 3. The normalized spacial score (nSPS) is 13.9. The van der Waals surface area contributed by atoms with Gasteiger partial charge in [0.05, 0.1) is 11.7 Å². The fraction of sp³-hybridized carbons (Fsp3) is 0.217. The number of aliphatic hydroxyl groups excluding tert-OH is 1. The molecule has 1 aromatic carbocycles. The van der Waals surface area contributed by atoms with Crippen LogP contribution >= 0.6 is 0 Å². The van der Waals surface area contributed by atoms with Gasteiger partial charge in [-0.1, -0.05) is 6.07 Å². The van der Waals surface area contributed by atoms with E-state index in [1.165, 1.54) is 6.07 Å². The summed E-state index contributed by atoms with van der Waals surface area (Å²) in [6, 6.07) is 10.8. The Kier molecular flexibility index (Phi) is 5.74. The Morgan fingerprint density at radius 2 is 1.97 bits per heavy atom. The molecule has 1 aliphatic heterocycles. The second-order valence-electron chi connectivity index (χ2n) is 7.68. The zero-order valence-electron chi connectivity index (χ0n) is 17.4. The molecule has 3 heterocycles. The minimum Gasteiger partial charge on any atom is -0.389 e. The second-order valence-corrected chi connectivity index (χ2v) is 7.68. The van der Waals surface area contributed by atoms with Crippen LogP contribution < -0.4 is 10.2 Å². The van der Waals surface area contributed by atoms with Gasteiger partial charge in [0.1, 0.15) is 17.6 Å².